The van der Waals surface area contributed by atoms with Gasteiger partial charge >= 0.3 is 0 Å². The largest absolute Gasteiger partial charge is 0.343 e. The highest BCUT2D eigenvalue weighted by Crippen LogP contribution is 2.31. The summed E-state index contributed by atoms with van der Waals surface area (Å²) in [5.74, 6) is 1.79. The molecule has 0 saturated heterocycles. The third kappa shape index (κ3) is 2.73. The standard InChI is InChI=1S/C12H23NO/c1-9(2)11-6-5-7-12(8-11)13(4)10(3)14/h9,11-12H,5-8H2,1-4H3. The first-order chi connectivity index (χ1) is 6.52. The SMILES string of the molecule is CC(=O)N(C)C1CCCC(C(C)C)C1. The maximum Gasteiger partial charge on any atom is 0.219 e. The van der Waals surface area contributed by atoms with Gasteiger partial charge in [0.1, 0.15) is 0 Å². The third-order valence-corrected chi connectivity index (χ3v) is 3.67. The average molecular weight is 197 g/mol. The predicted octanol–water partition coefficient (Wildman–Crippen LogP) is 2.68. The summed E-state index contributed by atoms with van der Waals surface area (Å²) in [5, 5.41) is 0. The van der Waals surface area contributed by atoms with Crippen LogP contribution in [0.1, 0.15) is 46.5 Å². The summed E-state index contributed by atoms with van der Waals surface area (Å²) in [7, 11) is 1.94. The number of nitrogens with zero attached hydrogens (tertiary/aromatic N) is 1. The molecule has 82 valence electrons. The van der Waals surface area contributed by atoms with Crippen molar-refractivity contribution in [3.63, 3.8) is 0 Å². The van der Waals surface area contributed by atoms with E-state index < -0.39 is 0 Å². The molecular formula is C12H23NO. The molecule has 1 aliphatic carbocycles. The molecule has 0 aliphatic heterocycles. The molecule has 0 bridgehead atoms. The Morgan fingerprint density at radius 3 is 2.50 bits per heavy atom. The lowest BCUT2D eigenvalue weighted by Crippen LogP contribution is -2.39. The van der Waals surface area contributed by atoms with Gasteiger partial charge in [-0.05, 0) is 24.7 Å². The van der Waals surface area contributed by atoms with Crippen molar-refractivity contribution in [2.45, 2.75) is 52.5 Å². The first-order valence-corrected chi connectivity index (χ1v) is 5.75. The summed E-state index contributed by atoms with van der Waals surface area (Å²) < 4.78 is 0. The van der Waals surface area contributed by atoms with Gasteiger partial charge in [-0.15, -0.1) is 0 Å². The van der Waals surface area contributed by atoms with Crippen molar-refractivity contribution in [1.82, 2.24) is 4.90 Å². The second-order valence-electron chi connectivity index (χ2n) is 4.95. The highest BCUT2D eigenvalue weighted by molar-refractivity contribution is 5.73. The maximum absolute atomic E-state index is 11.2. The Labute approximate surface area is 87.7 Å². The molecule has 1 amide bonds. The lowest BCUT2D eigenvalue weighted by molar-refractivity contribution is -0.130. The molecule has 0 aromatic heterocycles. The zero-order valence-electron chi connectivity index (χ0n) is 9.92. The molecule has 0 aromatic carbocycles. The van der Waals surface area contributed by atoms with Crippen LogP contribution < -0.4 is 0 Å². The van der Waals surface area contributed by atoms with Gasteiger partial charge in [0, 0.05) is 20.0 Å². The molecule has 0 N–H and O–H groups in total. The number of carbonyl (C=O) groups is 1. The zero-order chi connectivity index (χ0) is 10.7. The fraction of sp³-hybridized carbons (Fsp3) is 0.917. The quantitative estimate of drug-likeness (QED) is 0.666. The van der Waals surface area contributed by atoms with Crippen LogP contribution in [0.4, 0.5) is 0 Å². The second kappa shape index (κ2) is 4.81. The molecule has 2 nitrogen and oxygen atoms in total. The molecule has 1 aliphatic rings. The number of rotatable bonds is 2. The van der Waals surface area contributed by atoms with Gasteiger partial charge in [0.05, 0.1) is 0 Å². The lowest BCUT2D eigenvalue weighted by atomic mass is 9.79. The Hall–Kier alpha value is -0.530. The Bertz CT molecular complexity index is 200. The second-order valence-corrected chi connectivity index (χ2v) is 4.95. The van der Waals surface area contributed by atoms with Crippen LogP contribution in [0.3, 0.4) is 0 Å². The van der Waals surface area contributed by atoms with Gasteiger partial charge in [0.2, 0.25) is 5.91 Å². The van der Waals surface area contributed by atoms with E-state index in [9.17, 15) is 4.79 Å². The summed E-state index contributed by atoms with van der Waals surface area (Å²) in [6.07, 6.45) is 5.03. The van der Waals surface area contributed by atoms with E-state index in [1.807, 2.05) is 11.9 Å². The van der Waals surface area contributed by atoms with E-state index in [1.54, 1.807) is 6.92 Å². The zero-order valence-corrected chi connectivity index (χ0v) is 9.92. The first-order valence-electron chi connectivity index (χ1n) is 5.75. The fourth-order valence-corrected chi connectivity index (χ4v) is 2.42. The van der Waals surface area contributed by atoms with Crippen LogP contribution in [-0.2, 0) is 4.79 Å². The van der Waals surface area contributed by atoms with Gasteiger partial charge in [-0.25, -0.2) is 0 Å². The van der Waals surface area contributed by atoms with Crippen LogP contribution in [0.2, 0.25) is 0 Å². The van der Waals surface area contributed by atoms with Crippen molar-refractivity contribution < 1.29 is 4.79 Å². The van der Waals surface area contributed by atoms with E-state index in [4.69, 9.17) is 0 Å². The summed E-state index contributed by atoms with van der Waals surface area (Å²) >= 11 is 0. The van der Waals surface area contributed by atoms with Crippen LogP contribution >= 0.6 is 0 Å². The highest BCUT2D eigenvalue weighted by Gasteiger charge is 2.27. The molecule has 2 heteroatoms. The van der Waals surface area contributed by atoms with E-state index in [2.05, 4.69) is 13.8 Å². The summed E-state index contributed by atoms with van der Waals surface area (Å²) in [5.41, 5.74) is 0. The van der Waals surface area contributed by atoms with E-state index in [0.717, 1.165) is 11.8 Å². The number of carbonyl (C=O) groups excluding carboxylic acids is 1. The van der Waals surface area contributed by atoms with Crippen LogP contribution in [-0.4, -0.2) is 23.9 Å². The number of hydrogen-bond acceptors (Lipinski definition) is 1. The molecule has 14 heavy (non-hydrogen) atoms. The molecular weight excluding hydrogens is 174 g/mol. The van der Waals surface area contributed by atoms with Gasteiger partial charge < -0.3 is 4.90 Å². The Morgan fingerprint density at radius 1 is 1.36 bits per heavy atom. The monoisotopic (exact) mass is 197 g/mol. The van der Waals surface area contributed by atoms with E-state index >= 15 is 0 Å². The summed E-state index contributed by atoms with van der Waals surface area (Å²) in [6, 6.07) is 0.494. The molecule has 1 saturated carbocycles. The van der Waals surface area contributed by atoms with Crippen molar-refractivity contribution >= 4 is 5.91 Å². The van der Waals surface area contributed by atoms with Crippen LogP contribution in [0.5, 0.6) is 0 Å². The Morgan fingerprint density at radius 2 is 2.00 bits per heavy atom. The van der Waals surface area contributed by atoms with Crippen molar-refractivity contribution in [1.29, 1.82) is 0 Å². The minimum atomic E-state index is 0.208. The lowest BCUT2D eigenvalue weighted by Gasteiger charge is -2.36. The molecule has 1 rings (SSSR count). The van der Waals surface area contributed by atoms with Gasteiger partial charge in [0.25, 0.3) is 0 Å². The van der Waals surface area contributed by atoms with Crippen molar-refractivity contribution in [3.8, 4) is 0 Å². The van der Waals surface area contributed by atoms with Gasteiger partial charge in [-0.3, -0.25) is 4.79 Å². The summed E-state index contributed by atoms with van der Waals surface area (Å²) in [4.78, 5) is 13.2. The predicted molar refractivity (Wildman–Crippen MR) is 59.0 cm³/mol. The molecule has 2 unspecified atom stereocenters. The van der Waals surface area contributed by atoms with Gasteiger partial charge in [0.15, 0.2) is 0 Å². The van der Waals surface area contributed by atoms with Crippen LogP contribution in [0, 0.1) is 11.8 Å². The normalized spacial score (nSPS) is 27.8. The maximum atomic E-state index is 11.2. The molecule has 0 radical (unpaired) electrons. The fourth-order valence-electron chi connectivity index (χ4n) is 2.42. The Kier molecular flexibility index (Phi) is 3.97. The Balaban J connectivity index is 2.51. The molecule has 0 heterocycles. The van der Waals surface area contributed by atoms with E-state index in [-0.39, 0.29) is 5.91 Å². The minimum absolute atomic E-state index is 0.208. The summed E-state index contributed by atoms with van der Waals surface area (Å²) in [6.45, 7) is 6.25. The van der Waals surface area contributed by atoms with Gasteiger partial charge in [-0.1, -0.05) is 26.7 Å². The van der Waals surface area contributed by atoms with Gasteiger partial charge in [-0.2, -0.15) is 0 Å². The molecule has 1 fully saturated rings. The highest BCUT2D eigenvalue weighted by atomic mass is 16.2. The topological polar surface area (TPSA) is 20.3 Å². The van der Waals surface area contributed by atoms with Crippen LogP contribution in [0.25, 0.3) is 0 Å². The molecule has 2 atom stereocenters. The molecule has 0 aromatic rings. The number of amides is 1. The van der Waals surface area contributed by atoms with Crippen molar-refractivity contribution in [3.05, 3.63) is 0 Å². The van der Waals surface area contributed by atoms with E-state index in [1.165, 1.54) is 25.7 Å². The van der Waals surface area contributed by atoms with Crippen LogP contribution in [0.15, 0.2) is 0 Å². The smallest absolute Gasteiger partial charge is 0.219 e. The first kappa shape index (κ1) is 11.5. The average Bonchev–Trinajstić information content (AvgIpc) is 2.16. The number of hydrogen-bond donors (Lipinski definition) is 0. The van der Waals surface area contributed by atoms with E-state index in [0.29, 0.717) is 6.04 Å². The van der Waals surface area contributed by atoms with Crippen molar-refractivity contribution in [2.24, 2.45) is 11.8 Å². The van der Waals surface area contributed by atoms with Crippen molar-refractivity contribution in [2.75, 3.05) is 7.05 Å². The molecule has 0 spiro atoms. The third-order valence-electron chi connectivity index (χ3n) is 3.67. The minimum Gasteiger partial charge on any atom is -0.343 e.